The maximum atomic E-state index is 12.5. The predicted octanol–water partition coefficient (Wildman–Crippen LogP) is 2.63. The monoisotopic (exact) mass is 476 g/mol. The van der Waals surface area contributed by atoms with Crippen molar-refractivity contribution in [1.82, 2.24) is 20.0 Å². The van der Waals surface area contributed by atoms with Gasteiger partial charge in [0.25, 0.3) is 5.56 Å². The fraction of sp³-hybridized carbons (Fsp3) is 0.333. The number of hydrogen-bond acceptors (Lipinski definition) is 6. The standard InChI is InChI=1S/C27H32N4O4/c1-4-35-27(34)14-11-20-7-5-9-22(15-20)18-31-26(33)13-12-24(29-31)23-10-6-8-21(16-23)17-28-25(32)19-30(2)3/h5-10,12-13,15-16H,4,11,14,17-19H2,1-3H3,(H,28,32). The lowest BCUT2D eigenvalue weighted by molar-refractivity contribution is -0.143. The van der Waals surface area contributed by atoms with Gasteiger partial charge in [0, 0.05) is 24.6 Å². The summed E-state index contributed by atoms with van der Waals surface area (Å²) in [6.07, 6.45) is 0.893. The third kappa shape index (κ3) is 8.19. The Labute approximate surface area is 205 Å². The Hall–Kier alpha value is -3.78. The molecule has 0 saturated carbocycles. The lowest BCUT2D eigenvalue weighted by Crippen LogP contribution is -2.32. The molecule has 1 N–H and O–H groups in total. The number of hydrogen-bond donors (Lipinski definition) is 1. The van der Waals surface area contributed by atoms with E-state index in [1.165, 1.54) is 10.7 Å². The maximum Gasteiger partial charge on any atom is 0.306 e. The molecule has 0 aliphatic heterocycles. The van der Waals surface area contributed by atoms with E-state index < -0.39 is 0 Å². The number of esters is 1. The SMILES string of the molecule is CCOC(=O)CCc1cccc(Cn2nc(-c3cccc(CNC(=O)CN(C)C)c3)ccc2=O)c1. The predicted molar refractivity (Wildman–Crippen MR) is 135 cm³/mol. The fourth-order valence-electron chi connectivity index (χ4n) is 3.64. The molecule has 1 amide bonds. The first-order valence-corrected chi connectivity index (χ1v) is 11.7. The number of carbonyl (C=O) groups is 2. The van der Waals surface area contributed by atoms with Crippen LogP contribution in [0.25, 0.3) is 11.3 Å². The molecule has 0 radical (unpaired) electrons. The van der Waals surface area contributed by atoms with Crippen LogP contribution in [0.3, 0.4) is 0 Å². The number of rotatable bonds is 11. The number of carbonyl (C=O) groups excluding carboxylic acids is 2. The Morgan fingerprint density at radius 2 is 1.74 bits per heavy atom. The molecule has 0 atom stereocenters. The summed E-state index contributed by atoms with van der Waals surface area (Å²) in [5.74, 6) is -0.264. The van der Waals surface area contributed by atoms with Crippen LogP contribution in [-0.4, -0.2) is 53.8 Å². The van der Waals surface area contributed by atoms with Crippen molar-refractivity contribution in [1.29, 1.82) is 0 Å². The van der Waals surface area contributed by atoms with Crippen LogP contribution in [0.15, 0.2) is 65.5 Å². The third-order valence-electron chi connectivity index (χ3n) is 5.29. The van der Waals surface area contributed by atoms with E-state index in [4.69, 9.17) is 4.74 Å². The van der Waals surface area contributed by atoms with Gasteiger partial charge in [0.2, 0.25) is 5.91 Å². The van der Waals surface area contributed by atoms with Crippen molar-refractivity contribution in [2.75, 3.05) is 27.2 Å². The molecule has 3 rings (SSSR count). The van der Waals surface area contributed by atoms with Crippen LogP contribution in [0.4, 0.5) is 0 Å². The zero-order chi connectivity index (χ0) is 25.2. The van der Waals surface area contributed by atoms with Crippen LogP contribution in [0.5, 0.6) is 0 Å². The Morgan fingerprint density at radius 3 is 2.51 bits per heavy atom. The summed E-state index contributed by atoms with van der Waals surface area (Å²) in [6.45, 7) is 3.23. The van der Waals surface area contributed by atoms with Crippen LogP contribution in [0.1, 0.15) is 30.0 Å². The Balaban J connectivity index is 1.72. The fourth-order valence-corrected chi connectivity index (χ4v) is 3.64. The van der Waals surface area contributed by atoms with Crippen LogP contribution < -0.4 is 10.9 Å². The molecular weight excluding hydrogens is 444 g/mol. The molecule has 1 aromatic heterocycles. The highest BCUT2D eigenvalue weighted by atomic mass is 16.5. The number of likely N-dealkylation sites (N-methyl/N-ethyl adjacent to an activating group) is 1. The topological polar surface area (TPSA) is 93.5 Å². The summed E-state index contributed by atoms with van der Waals surface area (Å²) in [4.78, 5) is 37.9. The Bertz CT molecular complexity index is 1220. The molecule has 0 fully saturated rings. The smallest absolute Gasteiger partial charge is 0.306 e. The van der Waals surface area contributed by atoms with E-state index in [-0.39, 0.29) is 17.4 Å². The first-order valence-electron chi connectivity index (χ1n) is 11.7. The van der Waals surface area contributed by atoms with Crippen molar-refractivity contribution in [2.45, 2.75) is 32.9 Å². The van der Waals surface area contributed by atoms with Crippen LogP contribution in [-0.2, 0) is 33.8 Å². The summed E-state index contributed by atoms with van der Waals surface area (Å²) in [5, 5.41) is 7.48. The second kappa shape index (κ2) is 12.6. The van der Waals surface area contributed by atoms with E-state index in [1.807, 2.05) is 67.5 Å². The average Bonchev–Trinajstić information content (AvgIpc) is 2.83. The number of aromatic nitrogens is 2. The molecule has 0 aliphatic carbocycles. The molecule has 0 unspecified atom stereocenters. The van der Waals surface area contributed by atoms with E-state index in [2.05, 4.69) is 10.4 Å². The molecule has 2 aromatic carbocycles. The second-order valence-corrected chi connectivity index (χ2v) is 8.55. The van der Waals surface area contributed by atoms with Gasteiger partial charge in [0.1, 0.15) is 0 Å². The molecule has 8 nitrogen and oxygen atoms in total. The molecule has 0 bridgehead atoms. The van der Waals surface area contributed by atoms with E-state index in [0.29, 0.717) is 44.8 Å². The van der Waals surface area contributed by atoms with Gasteiger partial charge in [-0.3, -0.25) is 14.4 Å². The quantitative estimate of drug-likeness (QED) is 0.428. The van der Waals surface area contributed by atoms with Gasteiger partial charge in [-0.1, -0.05) is 42.5 Å². The zero-order valence-electron chi connectivity index (χ0n) is 20.5. The third-order valence-corrected chi connectivity index (χ3v) is 5.29. The minimum Gasteiger partial charge on any atom is -0.466 e. The van der Waals surface area contributed by atoms with Gasteiger partial charge in [0.05, 0.1) is 25.4 Å². The van der Waals surface area contributed by atoms with Crippen LogP contribution >= 0.6 is 0 Å². The highest BCUT2D eigenvalue weighted by Crippen LogP contribution is 2.18. The van der Waals surface area contributed by atoms with E-state index in [1.54, 1.807) is 13.0 Å². The first-order chi connectivity index (χ1) is 16.8. The van der Waals surface area contributed by atoms with E-state index >= 15 is 0 Å². The molecule has 8 heteroatoms. The van der Waals surface area contributed by atoms with E-state index in [0.717, 1.165) is 22.3 Å². The lowest BCUT2D eigenvalue weighted by Gasteiger charge is -2.11. The van der Waals surface area contributed by atoms with Gasteiger partial charge < -0.3 is 15.0 Å². The minimum absolute atomic E-state index is 0.0448. The summed E-state index contributed by atoms with van der Waals surface area (Å²) in [6, 6.07) is 18.8. The molecular formula is C27H32N4O4. The van der Waals surface area contributed by atoms with Crippen LogP contribution in [0.2, 0.25) is 0 Å². The lowest BCUT2D eigenvalue weighted by atomic mass is 10.1. The number of nitrogens with one attached hydrogen (secondary N) is 1. The summed E-state index contributed by atoms with van der Waals surface area (Å²) in [7, 11) is 3.70. The van der Waals surface area contributed by atoms with Crippen molar-refractivity contribution in [3.05, 3.63) is 87.7 Å². The summed E-state index contributed by atoms with van der Waals surface area (Å²) < 4.78 is 6.43. The van der Waals surface area contributed by atoms with Gasteiger partial charge in [-0.2, -0.15) is 5.10 Å². The van der Waals surface area contributed by atoms with Crippen molar-refractivity contribution in [3.8, 4) is 11.3 Å². The average molecular weight is 477 g/mol. The Kier molecular flexibility index (Phi) is 9.31. The van der Waals surface area contributed by atoms with Gasteiger partial charge in [0.15, 0.2) is 0 Å². The molecule has 35 heavy (non-hydrogen) atoms. The van der Waals surface area contributed by atoms with Crippen molar-refractivity contribution >= 4 is 11.9 Å². The second-order valence-electron chi connectivity index (χ2n) is 8.55. The normalized spacial score (nSPS) is 10.9. The highest BCUT2D eigenvalue weighted by Gasteiger charge is 2.08. The van der Waals surface area contributed by atoms with Gasteiger partial charge in [-0.15, -0.1) is 0 Å². The van der Waals surface area contributed by atoms with Crippen molar-refractivity contribution in [2.24, 2.45) is 0 Å². The molecule has 184 valence electrons. The summed E-state index contributed by atoms with van der Waals surface area (Å²) >= 11 is 0. The molecule has 3 aromatic rings. The zero-order valence-corrected chi connectivity index (χ0v) is 20.5. The largest absolute Gasteiger partial charge is 0.466 e. The number of benzene rings is 2. The molecule has 1 heterocycles. The summed E-state index contributed by atoms with van der Waals surface area (Å²) in [5.41, 5.74) is 4.21. The molecule has 0 aliphatic rings. The number of nitrogens with zero attached hydrogens (tertiary/aromatic N) is 3. The number of aryl methyl sites for hydroxylation is 1. The molecule has 0 spiro atoms. The maximum absolute atomic E-state index is 12.5. The van der Waals surface area contributed by atoms with Gasteiger partial charge in [-0.05, 0) is 56.3 Å². The Morgan fingerprint density at radius 1 is 1.00 bits per heavy atom. The van der Waals surface area contributed by atoms with Gasteiger partial charge >= 0.3 is 5.97 Å². The highest BCUT2D eigenvalue weighted by molar-refractivity contribution is 5.78. The van der Waals surface area contributed by atoms with Gasteiger partial charge in [-0.25, -0.2) is 4.68 Å². The first kappa shape index (κ1) is 25.8. The minimum atomic E-state index is -0.219. The van der Waals surface area contributed by atoms with Crippen molar-refractivity contribution < 1.29 is 14.3 Å². The van der Waals surface area contributed by atoms with Crippen molar-refractivity contribution in [3.63, 3.8) is 0 Å². The number of ether oxygens (including phenoxy) is 1. The van der Waals surface area contributed by atoms with Crippen LogP contribution in [0, 0.1) is 0 Å². The number of amides is 1. The molecule has 0 saturated heterocycles. The van der Waals surface area contributed by atoms with E-state index in [9.17, 15) is 14.4 Å².